The Balaban J connectivity index is 2.00. The molecule has 5 heteroatoms. The SMILES string of the molecule is CN1CCC(CCNC(=O)OCCO)CC1. The molecule has 0 unspecified atom stereocenters. The number of aliphatic hydroxyl groups is 1. The summed E-state index contributed by atoms with van der Waals surface area (Å²) in [5.41, 5.74) is 0. The summed E-state index contributed by atoms with van der Waals surface area (Å²) in [7, 11) is 2.14. The lowest BCUT2D eigenvalue weighted by molar-refractivity contribution is 0.118. The molecule has 0 aromatic carbocycles. The molecular formula is C11H22N2O3. The zero-order chi connectivity index (χ0) is 11.8. The Bertz CT molecular complexity index is 203. The van der Waals surface area contributed by atoms with E-state index in [9.17, 15) is 4.79 Å². The van der Waals surface area contributed by atoms with Crippen LogP contribution in [0, 0.1) is 5.92 Å². The van der Waals surface area contributed by atoms with Gasteiger partial charge in [-0.2, -0.15) is 0 Å². The first-order chi connectivity index (χ1) is 7.72. The van der Waals surface area contributed by atoms with E-state index in [0.717, 1.165) is 19.5 Å². The van der Waals surface area contributed by atoms with Crippen LogP contribution in [0.3, 0.4) is 0 Å². The van der Waals surface area contributed by atoms with Crippen molar-refractivity contribution in [3.05, 3.63) is 0 Å². The fraction of sp³-hybridized carbons (Fsp3) is 0.909. The van der Waals surface area contributed by atoms with E-state index in [-0.39, 0.29) is 13.2 Å². The van der Waals surface area contributed by atoms with Gasteiger partial charge in [0.05, 0.1) is 6.61 Å². The standard InChI is InChI=1S/C11H22N2O3/c1-13-6-3-10(4-7-13)2-5-12-11(15)16-9-8-14/h10,14H,2-9H2,1H3,(H,12,15). The molecule has 0 bridgehead atoms. The van der Waals surface area contributed by atoms with Gasteiger partial charge in [0.15, 0.2) is 0 Å². The largest absolute Gasteiger partial charge is 0.447 e. The fourth-order valence-corrected chi connectivity index (χ4v) is 1.92. The molecule has 0 atom stereocenters. The predicted octanol–water partition coefficient (Wildman–Crippen LogP) is 0.437. The van der Waals surface area contributed by atoms with Crippen LogP contribution in [0.15, 0.2) is 0 Å². The Labute approximate surface area is 96.8 Å². The van der Waals surface area contributed by atoms with Crippen LogP contribution in [0.25, 0.3) is 0 Å². The minimum absolute atomic E-state index is 0.0695. The smallest absolute Gasteiger partial charge is 0.407 e. The zero-order valence-electron chi connectivity index (χ0n) is 9.95. The Hall–Kier alpha value is -0.810. The maximum absolute atomic E-state index is 11.0. The molecule has 1 aliphatic heterocycles. The normalized spacial score (nSPS) is 18.4. The van der Waals surface area contributed by atoms with E-state index in [1.54, 1.807) is 0 Å². The molecule has 0 aliphatic carbocycles. The van der Waals surface area contributed by atoms with Crippen molar-refractivity contribution in [3.63, 3.8) is 0 Å². The second-order valence-electron chi connectivity index (χ2n) is 4.32. The highest BCUT2D eigenvalue weighted by Crippen LogP contribution is 2.18. The number of aliphatic hydroxyl groups excluding tert-OH is 1. The maximum Gasteiger partial charge on any atom is 0.407 e. The van der Waals surface area contributed by atoms with Crippen LogP contribution < -0.4 is 5.32 Å². The fourth-order valence-electron chi connectivity index (χ4n) is 1.92. The number of nitrogens with zero attached hydrogens (tertiary/aromatic N) is 1. The molecule has 1 aliphatic rings. The van der Waals surface area contributed by atoms with Crippen molar-refractivity contribution in [2.75, 3.05) is 39.9 Å². The van der Waals surface area contributed by atoms with E-state index in [1.165, 1.54) is 12.8 Å². The average Bonchev–Trinajstić information content (AvgIpc) is 2.29. The number of alkyl carbamates (subject to hydrolysis) is 1. The lowest BCUT2D eigenvalue weighted by atomic mass is 9.94. The van der Waals surface area contributed by atoms with Crippen molar-refractivity contribution in [2.45, 2.75) is 19.3 Å². The molecule has 0 radical (unpaired) electrons. The van der Waals surface area contributed by atoms with E-state index in [1.807, 2.05) is 0 Å². The number of ether oxygens (including phenoxy) is 1. The van der Waals surface area contributed by atoms with Crippen molar-refractivity contribution < 1.29 is 14.6 Å². The number of hydrogen-bond acceptors (Lipinski definition) is 4. The molecule has 1 fully saturated rings. The number of nitrogens with one attached hydrogen (secondary N) is 1. The molecule has 94 valence electrons. The summed E-state index contributed by atoms with van der Waals surface area (Å²) in [6, 6.07) is 0. The minimum Gasteiger partial charge on any atom is -0.447 e. The average molecular weight is 230 g/mol. The molecule has 0 saturated carbocycles. The van der Waals surface area contributed by atoms with Crippen molar-refractivity contribution >= 4 is 6.09 Å². The minimum atomic E-state index is -0.429. The van der Waals surface area contributed by atoms with E-state index in [0.29, 0.717) is 12.5 Å². The lowest BCUT2D eigenvalue weighted by Crippen LogP contribution is -2.33. The van der Waals surface area contributed by atoms with Crippen LogP contribution in [0.1, 0.15) is 19.3 Å². The van der Waals surface area contributed by atoms with Gasteiger partial charge < -0.3 is 20.1 Å². The van der Waals surface area contributed by atoms with Crippen molar-refractivity contribution in [3.8, 4) is 0 Å². The van der Waals surface area contributed by atoms with Crippen molar-refractivity contribution in [1.29, 1.82) is 0 Å². The summed E-state index contributed by atoms with van der Waals surface area (Å²) in [4.78, 5) is 13.4. The second kappa shape index (κ2) is 7.46. The van der Waals surface area contributed by atoms with Gasteiger partial charge in [-0.05, 0) is 45.3 Å². The molecule has 16 heavy (non-hydrogen) atoms. The monoisotopic (exact) mass is 230 g/mol. The number of hydrogen-bond donors (Lipinski definition) is 2. The highest BCUT2D eigenvalue weighted by Gasteiger charge is 2.16. The third-order valence-corrected chi connectivity index (χ3v) is 2.98. The van der Waals surface area contributed by atoms with Gasteiger partial charge in [-0.25, -0.2) is 4.79 Å². The van der Waals surface area contributed by atoms with Gasteiger partial charge in [0.1, 0.15) is 6.61 Å². The van der Waals surface area contributed by atoms with E-state index in [4.69, 9.17) is 5.11 Å². The second-order valence-corrected chi connectivity index (χ2v) is 4.32. The van der Waals surface area contributed by atoms with Crippen molar-refractivity contribution in [2.24, 2.45) is 5.92 Å². The molecular weight excluding hydrogens is 208 g/mol. The van der Waals surface area contributed by atoms with Crippen LogP contribution in [-0.2, 0) is 4.74 Å². The van der Waals surface area contributed by atoms with Crippen molar-refractivity contribution in [1.82, 2.24) is 10.2 Å². The van der Waals surface area contributed by atoms with Gasteiger partial charge in [-0.1, -0.05) is 0 Å². The van der Waals surface area contributed by atoms with Gasteiger partial charge in [0, 0.05) is 6.54 Å². The summed E-state index contributed by atoms with van der Waals surface area (Å²) in [5.74, 6) is 0.717. The quantitative estimate of drug-likeness (QED) is 0.719. The third kappa shape index (κ3) is 5.32. The molecule has 0 aromatic heterocycles. The van der Waals surface area contributed by atoms with Gasteiger partial charge in [0.2, 0.25) is 0 Å². The summed E-state index contributed by atoms with van der Waals surface area (Å²) in [6.07, 6.45) is 3.01. The van der Waals surface area contributed by atoms with Crippen LogP contribution in [0.4, 0.5) is 4.79 Å². The van der Waals surface area contributed by atoms with Gasteiger partial charge >= 0.3 is 6.09 Å². The number of likely N-dealkylation sites (tertiary alicyclic amines) is 1. The highest BCUT2D eigenvalue weighted by molar-refractivity contribution is 5.66. The summed E-state index contributed by atoms with van der Waals surface area (Å²) >= 11 is 0. The maximum atomic E-state index is 11.0. The first-order valence-electron chi connectivity index (χ1n) is 5.92. The Morgan fingerprint density at radius 2 is 2.19 bits per heavy atom. The number of carbonyl (C=O) groups excluding carboxylic acids is 1. The van der Waals surface area contributed by atoms with E-state index >= 15 is 0 Å². The predicted molar refractivity (Wildman–Crippen MR) is 61.3 cm³/mol. The molecule has 5 nitrogen and oxygen atoms in total. The van der Waals surface area contributed by atoms with Crippen LogP contribution >= 0.6 is 0 Å². The van der Waals surface area contributed by atoms with Gasteiger partial charge in [-0.15, -0.1) is 0 Å². The molecule has 1 saturated heterocycles. The molecule has 1 rings (SSSR count). The number of amides is 1. The summed E-state index contributed by atoms with van der Waals surface area (Å²) in [5, 5.41) is 11.1. The number of carbonyl (C=O) groups is 1. The zero-order valence-corrected chi connectivity index (χ0v) is 9.95. The highest BCUT2D eigenvalue weighted by atomic mass is 16.6. The van der Waals surface area contributed by atoms with Crippen LogP contribution in [-0.4, -0.2) is 56.0 Å². The lowest BCUT2D eigenvalue weighted by Gasteiger charge is -2.28. The van der Waals surface area contributed by atoms with Gasteiger partial charge in [0.25, 0.3) is 0 Å². The topological polar surface area (TPSA) is 61.8 Å². The Morgan fingerprint density at radius 1 is 1.50 bits per heavy atom. The molecule has 0 spiro atoms. The van der Waals surface area contributed by atoms with E-state index < -0.39 is 6.09 Å². The van der Waals surface area contributed by atoms with E-state index in [2.05, 4.69) is 22.0 Å². The van der Waals surface area contributed by atoms with Crippen LogP contribution in [0.5, 0.6) is 0 Å². The first-order valence-corrected chi connectivity index (χ1v) is 5.92. The molecule has 1 heterocycles. The molecule has 2 N–H and O–H groups in total. The van der Waals surface area contributed by atoms with Crippen LogP contribution in [0.2, 0.25) is 0 Å². The Morgan fingerprint density at radius 3 is 2.81 bits per heavy atom. The third-order valence-electron chi connectivity index (χ3n) is 2.98. The van der Waals surface area contributed by atoms with Gasteiger partial charge in [-0.3, -0.25) is 0 Å². The Kier molecular flexibility index (Phi) is 6.18. The number of piperidine rings is 1. The molecule has 0 aromatic rings. The summed E-state index contributed by atoms with van der Waals surface area (Å²) < 4.78 is 4.69. The summed E-state index contributed by atoms with van der Waals surface area (Å²) in [6.45, 7) is 2.92. The first kappa shape index (κ1) is 13.3. The molecule has 1 amide bonds. The number of rotatable bonds is 5.